The van der Waals surface area contributed by atoms with Gasteiger partial charge in [0.2, 0.25) is 9.84 Å². The zero-order chi connectivity index (χ0) is 20.1. The predicted octanol–water partition coefficient (Wildman–Crippen LogP) is 3.25. The van der Waals surface area contributed by atoms with Crippen LogP contribution in [-0.2, 0) is 16.4 Å². The molecule has 0 bridgehead atoms. The third kappa shape index (κ3) is 4.47. The maximum Gasteiger partial charge on any atom is 0.319 e. The Kier molecular flexibility index (Phi) is 5.60. The highest BCUT2D eigenvalue weighted by Crippen LogP contribution is 2.26. The van der Waals surface area contributed by atoms with Crippen molar-refractivity contribution in [1.29, 1.82) is 0 Å². The summed E-state index contributed by atoms with van der Waals surface area (Å²) < 4.78 is 25.4. The molecular weight excluding hydrogens is 378 g/mol. The Morgan fingerprint density at radius 2 is 1.79 bits per heavy atom. The van der Waals surface area contributed by atoms with Gasteiger partial charge in [-0.3, -0.25) is 4.98 Å². The molecule has 3 rings (SSSR count). The molecule has 7 nitrogen and oxygen atoms in total. The SMILES string of the molecule is Cc1cc(S(=O)(=O)c2ccc(NC(=O)NCc3cccnc3)cc2)ccc1O. The number of aryl methyl sites for hydroxylation is 1. The van der Waals surface area contributed by atoms with E-state index in [1.54, 1.807) is 25.4 Å². The summed E-state index contributed by atoms with van der Waals surface area (Å²) in [6.07, 6.45) is 3.31. The molecule has 3 N–H and O–H groups in total. The van der Waals surface area contributed by atoms with Gasteiger partial charge >= 0.3 is 6.03 Å². The smallest absolute Gasteiger partial charge is 0.319 e. The van der Waals surface area contributed by atoms with Crippen LogP contribution in [0.3, 0.4) is 0 Å². The van der Waals surface area contributed by atoms with Crippen molar-refractivity contribution in [3.05, 3.63) is 78.1 Å². The number of nitrogens with one attached hydrogen (secondary N) is 2. The van der Waals surface area contributed by atoms with Gasteiger partial charge in [-0.05, 0) is 66.6 Å². The van der Waals surface area contributed by atoms with Crippen LogP contribution in [0, 0.1) is 6.92 Å². The molecule has 8 heteroatoms. The van der Waals surface area contributed by atoms with Crippen molar-refractivity contribution in [2.75, 3.05) is 5.32 Å². The maximum atomic E-state index is 12.7. The van der Waals surface area contributed by atoms with Gasteiger partial charge in [0.05, 0.1) is 9.79 Å². The average Bonchev–Trinajstić information content (AvgIpc) is 2.69. The molecule has 0 spiro atoms. The molecule has 2 aromatic carbocycles. The number of amides is 2. The van der Waals surface area contributed by atoms with Gasteiger partial charge in [-0.25, -0.2) is 13.2 Å². The number of carbonyl (C=O) groups excluding carboxylic acids is 1. The number of phenolic OH excluding ortho intramolecular Hbond substituents is 1. The highest BCUT2D eigenvalue weighted by molar-refractivity contribution is 7.91. The monoisotopic (exact) mass is 397 g/mol. The summed E-state index contributed by atoms with van der Waals surface area (Å²) in [4.78, 5) is 16.1. The van der Waals surface area contributed by atoms with Crippen molar-refractivity contribution in [3.63, 3.8) is 0 Å². The molecule has 144 valence electrons. The summed E-state index contributed by atoms with van der Waals surface area (Å²) >= 11 is 0. The molecule has 0 radical (unpaired) electrons. The normalized spacial score (nSPS) is 11.0. The van der Waals surface area contributed by atoms with Crippen molar-refractivity contribution in [2.45, 2.75) is 23.3 Å². The van der Waals surface area contributed by atoms with Crippen molar-refractivity contribution in [1.82, 2.24) is 10.3 Å². The molecule has 0 aliphatic heterocycles. The topological polar surface area (TPSA) is 108 Å². The fourth-order valence-corrected chi connectivity index (χ4v) is 3.85. The van der Waals surface area contributed by atoms with E-state index in [4.69, 9.17) is 0 Å². The van der Waals surface area contributed by atoms with Gasteiger partial charge in [0.15, 0.2) is 0 Å². The lowest BCUT2D eigenvalue weighted by Gasteiger charge is -2.09. The summed E-state index contributed by atoms with van der Waals surface area (Å²) in [5, 5.41) is 14.9. The molecule has 3 aromatic rings. The molecule has 2 amide bonds. The van der Waals surface area contributed by atoms with Crippen LogP contribution in [0.15, 0.2) is 76.8 Å². The van der Waals surface area contributed by atoms with E-state index in [1.165, 1.54) is 42.5 Å². The maximum absolute atomic E-state index is 12.7. The standard InChI is InChI=1S/C20H19N3O4S/c1-14-11-18(8-9-19(14)24)28(26,27)17-6-4-16(5-7-17)23-20(25)22-13-15-3-2-10-21-12-15/h2-12,24H,13H2,1H3,(H2,22,23,25). The van der Waals surface area contributed by atoms with Crippen LogP contribution in [0.2, 0.25) is 0 Å². The van der Waals surface area contributed by atoms with Gasteiger partial charge in [0.1, 0.15) is 5.75 Å². The Morgan fingerprint density at radius 3 is 2.43 bits per heavy atom. The minimum Gasteiger partial charge on any atom is -0.508 e. The average molecular weight is 397 g/mol. The summed E-state index contributed by atoms with van der Waals surface area (Å²) in [5.41, 5.74) is 1.80. The van der Waals surface area contributed by atoms with E-state index < -0.39 is 15.9 Å². The summed E-state index contributed by atoms with van der Waals surface area (Å²) in [6.45, 7) is 1.96. The number of phenols is 1. The molecule has 28 heavy (non-hydrogen) atoms. The van der Waals surface area contributed by atoms with E-state index in [0.29, 0.717) is 17.8 Å². The predicted molar refractivity (Wildman–Crippen MR) is 105 cm³/mol. The van der Waals surface area contributed by atoms with E-state index >= 15 is 0 Å². The Hall–Kier alpha value is -3.39. The molecule has 0 aliphatic carbocycles. The van der Waals surface area contributed by atoms with Gasteiger partial charge in [-0.15, -0.1) is 0 Å². The highest BCUT2D eigenvalue weighted by atomic mass is 32.2. The molecule has 1 aromatic heterocycles. The number of nitrogens with zero attached hydrogens (tertiary/aromatic N) is 1. The molecule has 0 atom stereocenters. The molecule has 0 fully saturated rings. The van der Waals surface area contributed by atoms with E-state index in [-0.39, 0.29) is 15.5 Å². The van der Waals surface area contributed by atoms with Crippen molar-refractivity contribution in [2.24, 2.45) is 0 Å². The molecule has 0 unspecified atom stereocenters. The van der Waals surface area contributed by atoms with E-state index in [1.807, 2.05) is 6.07 Å². The zero-order valence-corrected chi connectivity index (χ0v) is 15.9. The fraction of sp³-hybridized carbons (Fsp3) is 0.100. The van der Waals surface area contributed by atoms with Crippen LogP contribution in [0.25, 0.3) is 0 Å². The van der Waals surface area contributed by atoms with Crippen molar-refractivity contribution < 1.29 is 18.3 Å². The molecule has 0 saturated carbocycles. The Labute approximate surface area is 163 Å². The summed E-state index contributed by atoms with van der Waals surface area (Å²) in [6, 6.07) is 13.2. The number of sulfone groups is 1. The molecular formula is C20H19N3O4S. The highest BCUT2D eigenvalue weighted by Gasteiger charge is 2.18. The van der Waals surface area contributed by atoms with Gasteiger partial charge < -0.3 is 15.7 Å². The zero-order valence-electron chi connectivity index (χ0n) is 15.1. The lowest BCUT2D eigenvalue weighted by atomic mass is 10.2. The largest absolute Gasteiger partial charge is 0.508 e. The van der Waals surface area contributed by atoms with Gasteiger partial charge in [-0.1, -0.05) is 6.07 Å². The third-order valence-electron chi connectivity index (χ3n) is 4.08. The van der Waals surface area contributed by atoms with Gasteiger partial charge in [-0.2, -0.15) is 0 Å². The number of urea groups is 1. The van der Waals surface area contributed by atoms with E-state index in [0.717, 1.165) is 5.56 Å². The van der Waals surface area contributed by atoms with E-state index in [2.05, 4.69) is 15.6 Å². The molecule has 0 saturated heterocycles. The number of hydrogen-bond donors (Lipinski definition) is 3. The van der Waals surface area contributed by atoms with Crippen molar-refractivity contribution in [3.8, 4) is 5.75 Å². The number of pyridine rings is 1. The first-order valence-electron chi connectivity index (χ1n) is 8.45. The van der Waals surface area contributed by atoms with Gasteiger partial charge in [0.25, 0.3) is 0 Å². The van der Waals surface area contributed by atoms with Crippen LogP contribution in [-0.4, -0.2) is 24.5 Å². The number of aromatic hydroxyl groups is 1. The van der Waals surface area contributed by atoms with Crippen LogP contribution in [0.1, 0.15) is 11.1 Å². The fourth-order valence-electron chi connectivity index (χ4n) is 2.51. The molecule has 1 heterocycles. The minimum atomic E-state index is -3.72. The second kappa shape index (κ2) is 8.10. The van der Waals surface area contributed by atoms with Crippen molar-refractivity contribution >= 4 is 21.6 Å². The van der Waals surface area contributed by atoms with Crippen LogP contribution in [0.4, 0.5) is 10.5 Å². The number of hydrogen-bond acceptors (Lipinski definition) is 5. The first-order valence-corrected chi connectivity index (χ1v) is 9.93. The quantitative estimate of drug-likeness (QED) is 0.612. The second-order valence-corrected chi connectivity index (χ2v) is 8.09. The lowest BCUT2D eigenvalue weighted by Crippen LogP contribution is -2.28. The van der Waals surface area contributed by atoms with Gasteiger partial charge in [0, 0.05) is 24.6 Å². The molecule has 0 aliphatic rings. The van der Waals surface area contributed by atoms with Crippen LogP contribution >= 0.6 is 0 Å². The lowest BCUT2D eigenvalue weighted by molar-refractivity contribution is 0.251. The Morgan fingerprint density at radius 1 is 1.07 bits per heavy atom. The number of aromatic nitrogens is 1. The first-order chi connectivity index (χ1) is 13.4. The number of benzene rings is 2. The van der Waals surface area contributed by atoms with E-state index in [9.17, 15) is 18.3 Å². The Balaban J connectivity index is 1.67. The number of rotatable bonds is 5. The van der Waals surface area contributed by atoms with Crippen LogP contribution < -0.4 is 10.6 Å². The number of carbonyl (C=O) groups is 1. The number of anilines is 1. The Bertz CT molecular complexity index is 1080. The van der Waals surface area contributed by atoms with Crippen LogP contribution in [0.5, 0.6) is 5.75 Å². The minimum absolute atomic E-state index is 0.0378. The summed E-state index contributed by atoms with van der Waals surface area (Å²) in [7, 11) is -3.72. The third-order valence-corrected chi connectivity index (χ3v) is 5.84. The first kappa shape index (κ1) is 19.4. The summed E-state index contributed by atoms with van der Waals surface area (Å²) in [5.74, 6) is 0.0378. The second-order valence-electron chi connectivity index (χ2n) is 6.15.